The van der Waals surface area contributed by atoms with E-state index in [9.17, 15) is 14.7 Å². The van der Waals surface area contributed by atoms with Crippen LogP contribution in [0.2, 0.25) is 0 Å². The lowest BCUT2D eigenvalue weighted by Gasteiger charge is -2.28. The molecule has 0 aromatic rings. The van der Waals surface area contributed by atoms with Crippen molar-refractivity contribution >= 4 is 12.1 Å². The Labute approximate surface area is 138 Å². The molecule has 0 radical (unpaired) electrons. The van der Waals surface area contributed by atoms with Crippen molar-refractivity contribution in [2.24, 2.45) is 0 Å². The summed E-state index contributed by atoms with van der Waals surface area (Å²) < 4.78 is 10.8. The van der Waals surface area contributed by atoms with Crippen LogP contribution in [0, 0.1) is 0 Å². The van der Waals surface area contributed by atoms with Gasteiger partial charge in [-0.25, -0.2) is 9.59 Å². The van der Waals surface area contributed by atoms with E-state index in [0.29, 0.717) is 26.1 Å². The number of amides is 1. The highest BCUT2D eigenvalue weighted by atomic mass is 16.6. The van der Waals surface area contributed by atoms with Crippen molar-refractivity contribution < 1.29 is 24.2 Å². The lowest BCUT2D eigenvalue weighted by Crippen LogP contribution is -2.57. The molecule has 1 heterocycles. The van der Waals surface area contributed by atoms with Gasteiger partial charge < -0.3 is 19.9 Å². The summed E-state index contributed by atoms with van der Waals surface area (Å²) in [5.74, 6) is -1.04. The standard InChI is InChI=1S/C16H30N2O5/c1-14(2,3)22-10-9-18-8-7-16(11-18,12(19)20)17-13(21)23-15(4,5)6/h7-11H2,1-6H3,(H,17,21)(H,19,20). The first-order valence-corrected chi connectivity index (χ1v) is 7.94. The molecule has 7 heteroatoms. The van der Waals surface area contributed by atoms with Gasteiger partial charge in [0.2, 0.25) is 0 Å². The number of alkyl carbamates (subject to hydrolysis) is 1. The monoisotopic (exact) mass is 330 g/mol. The molecule has 0 aromatic heterocycles. The number of hydrogen-bond donors (Lipinski definition) is 2. The van der Waals surface area contributed by atoms with Gasteiger partial charge in [0.05, 0.1) is 12.2 Å². The van der Waals surface area contributed by atoms with E-state index in [1.165, 1.54) is 0 Å². The minimum Gasteiger partial charge on any atom is -0.479 e. The van der Waals surface area contributed by atoms with E-state index in [0.717, 1.165) is 0 Å². The second kappa shape index (κ2) is 7.05. The quantitative estimate of drug-likeness (QED) is 0.800. The van der Waals surface area contributed by atoms with Crippen LogP contribution in [0.5, 0.6) is 0 Å². The van der Waals surface area contributed by atoms with Crippen molar-refractivity contribution in [3.8, 4) is 0 Å². The highest BCUT2D eigenvalue weighted by Crippen LogP contribution is 2.23. The summed E-state index contributed by atoms with van der Waals surface area (Å²) in [6.07, 6.45) is -0.357. The van der Waals surface area contributed by atoms with E-state index < -0.39 is 23.2 Å². The highest BCUT2D eigenvalue weighted by molar-refractivity contribution is 5.85. The summed E-state index contributed by atoms with van der Waals surface area (Å²) in [6, 6.07) is 0. The molecular weight excluding hydrogens is 300 g/mol. The minimum absolute atomic E-state index is 0.224. The average molecular weight is 330 g/mol. The zero-order valence-corrected chi connectivity index (χ0v) is 15.1. The van der Waals surface area contributed by atoms with Gasteiger partial charge in [0.15, 0.2) is 5.54 Å². The zero-order valence-electron chi connectivity index (χ0n) is 15.1. The highest BCUT2D eigenvalue weighted by Gasteiger charge is 2.46. The van der Waals surface area contributed by atoms with Gasteiger partial charge in [-0.05, 0) is 48.0 Å². The fourth-order valence-electron chi connectivity index (χ4n) is 2.39. The molecule has 0 saturated carbocycles. The maximum Gasteiger partial charge on any atom is 0.408 e. The number of carboxylic acid groups (broad SMARTS) is 1. The number of ether oxygens (including phenoxy) is 2. The lowest BCUT2D eigenvalue weighted by molar-refractivity contribution is -0.144. The molecule has 1 unspecified atom stereocenters. The predicted octanol–water partition coefficient (Wildman–Crippen LogP) is 1.86. The topological polar surface area (TPSA) is 88.1 Å². The number of hydrogen-bond acceptors (Lipinski definition) is 5. The molecule has 1 rings (SSSR count). The molecule has 1 aliphatic rings. The van der Waals surface area contributed by atoms with E-state index in [2.05, 4.69) is 5.32 Å². The van der Waals surface area contributed by atoms with Crippen LogP contribution in [0.25, 0.3) is 0 Å². The van der Waals surface area contributed by atoms with Crippen LogP contribution in [0.4, 0.5) is 4.79 Å². The average Bonchev–Trinajstić information content (AvgIpc) is 2.69. The summed E-state index contributed by atoms with van der Waals surface area (Å²) in [7, 11) is 0. The molecule has 1 saturated heterocycles. The number of nitrogens with one attached hydrogen (secondary N) is 1. The number of likely N-dealkylation sites (tertiary alicyclic amines) is 1. The molecule has 1 atom stereocenters. The van der Waals surface area contributed by atoms with Crippen molar-refractivity contribution in [1.82, 2.24) is 10.2 Å². The smallest absolute Gasteiger partial charge is 0.408 e. The summed E-state index contributed by atoms with van der Waals surface area (Å²) in [6.45, 7) is 13.1. The van der Waals surface area contributed by atoms with Gasteiger partial charge in [-0.3, -0.25) is 4.90 Å². The lowest BCUT2D eigenvalue weighted by atomic mass is 9.99. The summed E-state index contributed by atoms with van der Waals surface area (Å²) in [5.41, 5.74) is -2.19. The molecule has 1 aliphatic heterocycles. The SMILES string of the molecule is CC(C)(C)OCCN1CCC(NC(=O)OC(C)(C)C)(C(=O)O)C1. The number of aliphatic carboxylic acids is 1. The molecule has 1 amide bonds. The van der Waals surface area contributed by atoms with E-state index in [1.807, 2.05) is 25.7 Å². The van der Waals surface area contributed by atoms with Crippen LogP contribution in [-0.4, -0.2) is 65.1 Å². The second-order valence-electron chi connectivity index (χ2n) is 8.00. The third kappa shape index (κ3) is 6.74. The van der Waals surface area contributed by atoms with E-state index in [1.54, 1.807) is 20.8 Å². The fraction of sp³-hybridized carbons (Fsp3) is 0.875. The van der Waals surface area contributed by atoms with Crippen LogP contribution in [-0.2, 0) is 14.3 Å². The number of carboxylic acids is 1. The Kier molecular flexibility index (Phi) is 6.04. The second-order valence-corrected chi connectivity index (χ2v) is 8.00. The zero-order chi connectivity index (χ0) is 17.9. The van der Waals surface area contributed by atoms with Crippen molar-refractivity contribution in [2.75, 3.05) is 26.2 Å². The Morgan fingerprint density at radius 1 is 1.17 bits per heavy atom. The number of rotatable bonds is 5. The van der Waals surface area contributed by atoms with Crippen molar-refractivity contribution in [1.29, 1.82) is 0 Å². The van der Waals surface area contributed by atoms with Crippen LogP contribution in [0.15, 0.2) is 0 Å². The summed E-state index contributed by atoms with van der Waals surface area (Å²) in [4.78, 5) is 25.6. The first-order chi connectivity index (χ1) is 10.3. The summed E-state index contributed by atoms with van der Waals surface area (Å²) in [5, 5.41) is 12.1. The Morgan fingerprint density at radius 2 is 1.78 bits per heavy atom. The molecule has 0 bridgehead atoms. The molecule has 134 valence electrons. The largest absolute Gasteiger partial charge is 0.479 e. The van der Waals surface area contributed by atoms with Crippen LogP contribution in [0.3, 0.4) is 0 Å². The fourth-order valence-corrected chi connectivity index (χ4v) is 2.39. The number of nitrogens with zero attached hydrogens (tertiary/aromatic N) is 1. The van der Waals surface area contributed by atoms with Crippen molar-refractivity contribution in [3.63, 3.8) is 0 Å². The molecular formula is C16H30N2O5. The molecule has 1 fully saturated rings. The Bertz CT molecular complexity index is 439. The van der Waals surface area contributed by atoms with Crippen molar-refractivity contribution in [3.05, 3.63) is 0 Å². The van der Waals surface area contributed by atoms with Gasteiger partial charge in [0, 0.05) is 19.6 Å². The third-order valence-electron chi connectivity index (χ3n) is 3.44. The maximum absolute atomic E-state index is 11.9. The molecule has 2 N–H and O–H groups in total. The first kappa shape index (κ1) is 19.7. The maximum atomic E-state index is 11.9. The number of carbonyl (C=O) groups is 2. The van der Waals surface area contributed by atoms with Gasteiger partial charge in [0.25, 0.3) is 0 Å². The normalized spacial score (nSPS) is 22.9. The van der Waals surface area contributed by atoms with Crippen molar-refractivity contribution in [2.45, 2.75) is 64.7 Å². The molecule has 23 heavy (non-hydrogen) atoms. The Balaban J connectivity index is 2.60. The van der Waals surface area contributed by atoms with Gasteiger partial charge in [-0.2, -0.15) is 0 Å². The Hall–Kier alpha value is -1.34. The number of carbonyl (C=O) groups excluding carboxylic acids is 1. The first-order valence-electron chi connectivity index (χ1n) is 7.94. The van der Waals surface area contributed by atoms with Gasteiger partial charge in [0.1, 0.15) is 5.60 Å². The van der Waals surface area contributed by atoms with Crippen LogP contribution >= 0.6 is 0 Å². The molecule has 0 aliphatic carbocycles. The van der Waals surface area contributed by atoms with Crippen LogP contribution in [0.1, 0.15) is 48.0 Å². The minimum atomic E-state index is -1.30. The molecule has 0 spiro atoms. The van der Waals surface area contributed by atoms with E-state index >= 15 is 0 Å². The Morgan fingerprint density at radius 3 is 2.26 bits per heavy atom. The molecule has 0 aromatic carbocycles. The third-order valence-corrected chi connectivity index (χ3v) is 3.44. The van der Waals surface area contributed by atoms with E-state index in [4.69, 9.17) is 9.47 Å². The van der Waals surface area contributed by atoms with Crippen LogP contribution < -0.4 is 5.32 Å². The van der Waals surface area contributed by atoms with Gasteiger partial charge >= 0.3 is 12.1 Å². The van der Waals surface area contributed by atoms with Gasteiger partial charge in [-0.15, -0.1) is 0 Å². The predicted molar refractivity (Wildman–Crippen MR) is 86.5 cm³/mol. The molecule has 7 nitrogen and oxygen atoms in total. The van der Waals surface area contributed by atoms with Gasteiger partial charge in [-0.1, -0.05) is 0 Å². The van der Waals surface area contributed by atoms with E-state index in [-0.39, 0.29) is 12.1 Å². The summed E-state index contributed by atoms with van der Waals surface area (Å²) >= 11 is 0.